The zero-order valence-electron chi connectivity index (χ0n) is 11.2. The first kappa shape index (κ1) is 13.8. The molecule has 0 aliphatic rings. The fraction of sp³-hybridized carbons (Fsp3) is 0.125. The number of hydrogen-bond donors (Lipinski definition) is 2. The van der Waals surface area contributed by atoms with Crippen LogP contribution in [-0.4, -0.2) is 17.4 Å². The summed E-state index contributed by atoms with van der Waals surface area (Å²) in [7, 11) is 0. The molecule has 0 spiro atoms. The minimum atomic E-state index is -0.195. The van der Waals surface area contributed by atoms with Gasteiger partial charge in [0.05, 0.1) is 6.54 Å². The van der Waals surface area contributed by atoms with E-state index in [0.29, 0.717) is 17.9 Å². The van der Waals surface area contributed by atoms with Gasteiger partial charge in [0.1, 0.15) is 5.82 Å². The molecule has 0 fully saturated rings. The van der Waals surface area contributed by atoms with Crippen LogP contribution in [0, 0.1) is 18.8 Å². The fourth-order valence-electron chi connectivity index (χ4n) is 1.59. The second-order valence-corrected chi connectivity index (χ2v) is 4.26. The van der Waals surface area contributed by atoms with Gasteiger partial charge in [0, 0.05) is 17.3 Å². The number of anilines is 1. The summed E-state index contributed by atoms with van der Waals surface area (Å²) >= 11 is 0. The van der Waals surface area contributed by atoms with Crippen LogP contribution in [0.5, 0.6) is 0 Å². The summed E-state index contributed by atoms with van der Waals surface area (Å²) in [6.45, 7) is 2.26. The van der Waals surface area contributed by atoms with Crippen molar-refractivity contribution in [2.75, 3.05) is 11.9 Å². The molecule has 2 rings (SSSR count). The van der Waals surface area contributed by atoms with Crippen LogP contribution >= 0.6 is 0 Å². The zero-order chi connectivity index (χ0) is 14.4. The van der Waals surface area contributed by atoms with Gasteiger partial charge in [0.15, 0.2) is 0 Å². The molecule has 0 radical (unpaired) electrons. The second kappa shape index (κ2) is 6.50. The van der Waals surface area contributed by atoms with Crippen LogP contribution < -0.4 is 11.1 Å². The van der Waals surface area contributed by atoms with Gasteiger partial charge in [0.2, 0.25) is 0 Å². The van der Waals surface area contributed by atoms with Crippen LogP contribution in [-0.2, 0) is 0 Å². The third kappa shape index (κ3) is 3.67. The van der Waals surface area contributed by atoms with Crippen LogP contribution in [0.3, 0.4) is 0 Å². The lowest BCUT2D eigenvalue weighted by Crippen LogP contribution is -2.12. The number of carbonyl (C=O) groups excluding carboxylic acids is 1. The first-order chi connectivity index (χ1) is 9.69. The molecular formula is C16H15N3O. The van der Waals surface area contributed by atoms with Crippen molar-refractivity contribution in [2.45, 2.75) is 6.92 Å². The monoisotopic (exact) mass is 265 g/mol. The third-order valence-corrected chi connectivity index (χ3v) is 2.63. The normalized spacial score (nSPS) is 9.50. The van der Waals surface area contributed by atoms with Crippen molar-refractivity contribution >= 4 is 11.7 Å². The molecule has 0 bridgehead atoms. The van der Waals surface area contributed by atoms with E-state index in [4.69, 9.17) is 5.73 Å². The lowest BCUT2D eigenvalue weighted by atomic mass is 10.1. The third-order valence-electron chi connectivity index (χ3n) is 2.63. The highest BCUT2D eigenvalue weighted by molar-refractivity contribution is 6.03. The molecule has 1 aromatic heterocycles. The number of carbonyl (C=O) groups is 1. The molecular weight excluding hydrogens is 250 g/mol. The molecule has 1 aromatic carbocycles. The molecule has 0 saturated heterocycles. The van der Waals surface area contributed by atoms with Crippen molar-refractivity contribution in [3.05, 3.63) is 59.3 Å². The van der Waals surface area contributed by atoms with Gasteiger partial charge in [-0.2, -0.15) is 0 Å². The van der Waals surface area contributed by atoms with Crippen LogP contribution in [0.25, 0.3) is 0 Å². The van der Waals surface area contributed by atoms with Gasteiger partial charge in [-0.15, -0.1) is 0 Å². The Morgan fingerprint density at radius 3 is 2.60 bits per heavy atom. The molecule has 3 N–H and O–H groups in total. The molecule has 2 aromatic rings. The number of nitrogens with two attached hydrogens (primary N) is 1. The average Bonchev–Trinajstić information content (AvgIpc) is 2.48. The van der Waals surface area contributed by atoms with Crippen molar-refractivity contribution in [2.24, 2.45) is 5.73 Å². The Morgan fingerprint density at radius 1 is 1.25 bits per heavy atom. The van der Waals surface area contributed by atoms with E-state index in [-0.39, 0.29) is 5.91 Å². The zero-order valence-corrected chi connectivity index (χ0v) is 11.2. The summed E-state index contributed by atoms with van der Waals surface area (Å²) in [6.07, 6.45) is 1.71. The van der Waals surface area contributed by atoms with Gasteiger partial charge < -0.3 is 11.1 Å². The van der Waals surface area contributed by atoms with Crippen LogP contribution in [0.15, 0.2) is 42.6 Å². The largest absolute Gasteiger partial charge is 0.320 e. The van der Waals surface area contributed by atoms with Crippen molar-refractivity contribution in [3.63, 3.8) is 0 Å². The van der Waals surface area contributed by atoms with E-state index in [1.165, 1.54) is 0 Å². The number of hydrogen-bond acceptors (Lipinski definition) is 3. The smallest absolute Gasteiger partial charge is 0.256 e. The van der Waals surface area contributed by atoms with Crippen LogP contribution in [0.2, 0.25) is 0 Å². The Bertz CT molecular complexity index is 649. The average molecular weight is 265 g/mol. The molecule has 1 heterocycles. The number of rotatable bonds is 2. The van der Waals surface area contributed by atoms with E-state index in [2.05, 4.69) is 22.1 Å². The highest BCUT2D eigenvalue weighted by Gasteiger charge is 2.06. The Labute approximate surface area is 118 Å². The minimum absolute atomic E-state index is 0.195. The van der Waals surface area contributed by atoms with Crippen molar-refractivity contribution in [1.82, 2.24) is 4.98 Å². The Balaban J connectivity index is 2.07. The summed E-state index contributed by atoms with van der Waals surface area (Å²) in [5.74, 6) is 6.01. The van der Waals surface area contributed by atoms with Crippen LogP contribution in [0.4, 0.5) is 5.82 Å². The number of pyridine rings is 1. The highest BCUT2D eigenvalue weighted by atomic mass is 16.1. The predicted molar refractivity (Wildman–Crippen MR) is 79.3 cm³/mol. The molecule has 20 heavy (non-hydrogen) atoms. The van der Waals surface area contributed by atoms with Gasteiger partial charge in [0.25, 0.3) is 5.91 Å². The lowest BCUT2D eigenvalue weighted by molar-refractivity contribution is 0.102. The van der Waals surface area contributed by atoms with Gasteiger partial charge in [-0.05, 0) is 42.8 Å². The van der Waals surface area contributed by atoms with E-state index in [9.17, 15) is 4.79 Å². The Kier molecular flexibility index (Phi) is 4.48. The SMILES string of the molecule is Cc1ccc(NC(=O)c2ccc(C#CCN)cc2)nc1. The first-order valence-electron chi connectivity index (χ1n) is 6.22. The maximum absolute atomic E-state index is 12.0. The maximum atomic E-state index is 12.0. The standard InChI is InChI=1S/C16H15N3O/c1-12-4-9-15(18-11-12)19-16(20)14-7-5-13(6-8-14)3-2-10-17/h4-9,11H,10,17H2,1H3,(H,18,19,20). The Morgan fingerprint density at radius 2 is 2.00 bits per heavy atom. The number of nitrogens with zero attached hydrogens (tertiary/aromatic N) is 1. The molecule has 0 aliphatic carbocycles. The van der Waals surface area contributed by atoms with Gasteiger partial charge in [-0.25, -0.2) is 4.98 Å². The lowest BCUT2D eigenvalue weighted by Gasteiger charge is -2.04. The number of aryl methyl sites for hydroxylation is 1. The molecule has 100 valence electrons. The van der Waals surface area contributed by atoms with E-state index in [0.717, 1.165) is 11.1 Å². The summed E-state index contributed by atoms with van der Waals surface area (Å²) in [6, 6.07) is 10.7. The van der Waals surface area contributed by atoms with Gasteiger partial charge in [-0.3, -0.25) is 4.79 Å². The molecule has 1 amide bonds. The Hall–Kier alpha value is -2.64. The molecule has 0 aliphatic heterocycles. The first-order valence-corrected chi connectivity index (χ1v) is 6.22. The number of aromatic nitrogens is 1. The molecule has 0 unspecified atom stereocenters. The maximum Gasteiger partial charge on any atom is 0.256 e. The summed E-state index contributed by atoms with van der Waals surface area (Å²) in [5.41, 5.74) is 7.75. The van der Waals surface area contributed by atoms with Gasteiger partial charge >= 0.3 is 0 Å². The van der Waals surface area contributed by atoms with Crippen LogP contribution in [0.1, 0.15) is 21.5 Å². The number of amides is 1. The molecule has 4 nitrogen and oxygen atoms in total. The van der Waals surface area contributed by atoms with Crippen molar-refractivity contribution < 1.29 is 4.79 Å². The quantitative estimate of drug-likeness (QED) is 0.815. The predicted octanol–water partition coefficient (Wildman–Crippen LogP) is 1.95. The molecule has 4 heteroatoms. The van der Waals surface area contributed by atoms with Gasteiger partial charge in [-0.1, -0.05) is 17.9 Å². The van der Waals surface area contributed by atoms with E-state index < -0.39 is 0 Å². The summed E-state index contributed by atoms with van der Waals surface area (Å²) < 4.78 is 0. The highest BCUT2D eigenvalue weighted by Crippen LogP contribution is 2.08. The topological polar surface area (TPSA) is 68.0 Å². The second-order valence-electron chi connectivity index (χ2n) is 4.26. The summed E-state index contributed by atoms with van der Waals surface area (Å²) in [4.78, 5) is 16.2. The van der Waals surface area contributed by atoms with E-state index >= 15 is 0 Å². The number of benzene rings is 1. The summed E-state index contributed by atoms with van der Waals surface area (Å²) in [5, 5.41) is 2.74. The molecule has 0 saturated carbocycles. The number of nitrogens with one attached hydrogen (secondary N) is 1. The fourth-order valence-corrected chi connectivity index (χ4v) is 1.59. The molecule has 0 atom stereocenters. The van der Waals surface area contributed by atoms with E-state index in [1.807, 2.05) is 13.0 Å². The van der Waals surface area contributed by atoms with E-state index in [1.54, 1.807) is 36.5 Å². The minimum Gasteiger partial charge on any atom is -0.320 e. The van der Waals surface area contributed by atoms with Crippen molar-refractivity contribution in [1.29, 1.82) is 0 Å². The van der Waals surface area contributed by atoms with Crippen molar-refractivity contribution in [3.8, 4) is 11.8 Å².